The SMILES string of the molecule is COC(C)C(C)NC(C)c1cccc([N+](=O)[O-])c1. The summed E-state index contributed by atoms with van der Waals surface area (Å²) < 4.78 is 5.24. The lowest BCUT2D eigenvalue weighted by Gasteiger charge is -2.24. The molecule has 1 rings (SSSR count). The van der Waals surface area contributed by atoms with Crippen LogP contribution in [0.1, 0.15) is 32.4 Å². The standard InChI is InChI=1S/C13H20N2O3/c1-9(11(3)18-4)14-10(2)12-6-5-7-13(8-12)15(16)17/h5-11,14H,1-4H3. The lowest BCUT2D eigenvalue weighted by Crippen LogP contribution is -2.38. The van der Waals surface area contributed by atoms with Gasteiger partial charge in [0.05, 0.1) is 11.0 Å². The van der Waals surface area contributed by atoms with E-state index in [1.165, 1.54) is 6.07 Å². The van der Waals surface area contributed by atoms with Crippen molar-refractivity contribution >= 4 is 5.69 Å². The Labute approximate surface area is 107 Å². The minimum absolute atomic E-state index is 0.0394. The fourth-order valence-electron chi connectivity index (χ4n) is 1.74. The third kappa shape index (κ3) is 3.78. The first kappa shape index (κ1) is 14.6. The fourth-order valence-corrected chi connectivity index (χ4v) is 1.74. The highest BCUT2D eigenvalue weighted by atomic mass is 16.6. The molecule has 0 bridgehead atoms. The Morgan fingerprint density at radius 1 is 1.33 bits per heavy atom. The molecule has 0 amide bonds. The Hall–Kier alpha value is -1.46. The molecule has 3 atom stereocenters. The Bertz CT molecular complexity index is 409. The monoisotopic (exact) mass is 252 g/mol. The van der Waals surface area contributed by atoms with E-state index in [1.807, 2.05) is 26.8 Å². The van der Waals surface area contributed by atoms with Crippen molar-refractivity contribution in [2.45, 2.75) is 39.0 Å². The van der Waals surface area contributed by atoms with Gasteiger partial charge in [-0.3, -0.25) is 10.1 Å². The minimum Gasteiger partial charge on any atom is -0.380 e. The van der Waals surface area contributed by atoms with Crippen LogP contribution in [-0.2, 0) is 4.74 Å². The highest BCUT2D eigenvalue weighted by Gasteiger charge is 2.16. The predicted octanol–water partition coefficient (Wildman–Crippen LogP) is 2.67. The van der Waals surface area contributed by atoms with Crippen molar-refractivity contribution in [2.24, 2.45) is 0 Å². The Morgan fingerprint density at radius 2 is 2.00 bits per heavy atom. The number of nitro groups is 1. The summed E-state index contributed by atoms with van der Waals surface area (Å²) in [6.45, 7) is 6.00. The zero-order chi connectivity index (χ0) is 13.7. The number of nitrogens with one attached hydrogen (secondary N) is 1. The second-order valence-corrected chi connectivity index (χ2v) is 4.47. The van der Waals surface area contributed by atoms with E-state index in [-0.39, 0.29) is 28.8 Å². The normalized spacial score (nSPS) is 16.0. The summed E-state index contributed by atoms with van der Waals surface area (Å²) in [6.07, 6.45) is 0.0890. The predicted molar refractivity (Wildman–Crippen MR) is 70.6 cm³/mol. The second kappa shape index (κ2) is 6.47. The van der Waals surface area contributed by atoms with Gasteiger partial charge in [-0.1, -0.05) is 12.1 Å². The van der Waals surface area contributed by atoms with Crippen molar-refractivity contribution in [2.75, 3.05) is 7.11 Å². The van der Waals surface area contributed by atoms with E-state index < -0.39 is 0 Å². The van der Waals surface area contributed by atoms with Gasteiger partial charge in [-0.25, -0.2) is 0 Å². The highest BCUT2D eigenvalue weighted by molar-refractivity contribution is 5.35. The molecule has 100 valence electrons. The van der Waals surface area contributed by atoms with Gasteiger partial charge in [0.1, 0.15) is 0 Å². The zero-order valence-corrected chi connectivity index (χ0v) is 11.2. The number of hydrogen-bond donors (Lipinski definition) is 1. The summed E-state index contributed by atoms with van der Waals surface area (Å²) in [6, 6.07) is 6.89. The second-order valence-electron chi connectivity index (χ2n) is 4.47. The van der Waals surface area contributed by atoms with Crippen LogP contribution in [0.25, 0.3) is 0 Å². The molecule has 3 unspecified atom stereocenters. The number of non-ortho nitro benzene ring substituents is 1. The average Bonchev–Trinajstić information content (AvgIpc) is 2.37. The third-order valence-electron chi connectivity index (χ3n) is 3.17. The molecule has 1 aromatic rings. The zero-order valence-electron chi connectivity index (χ0n) is 11.2. The molecule has 0 radical (unpaired) electrons. The van der Waals surface area contributed by atoms with Gasteiger partial charge in [0.2, 0.25) is 0 Å². The number of rotatable bonds is 6. The largest absolute Gasteiger partial charge is 0.380 e. The minimum atomic E-state index is -0.378. The summed E-state index contributed by atoms with van der Waals surface area (Å²) in [4.78, 5) is 10.3. The topological polar surface area (TPSA) is 64.4 Å². The van der Waals surface area contributed by atoms with Crippen LogP contribution in [0.2, 0.25) is 0 Å². The molecule has 0 aliphatic heterocycles. The molecule has 5 heteroatoms. The average molecular weight is 252 g/mol. The van der Waals surface area contributed by atoms with Gasteiger partial charge in [0, 0.05) is 31.3 Å². The van der Waals surface area contributed by atoms with E-state index in [4.69, 9.17) is 4.74 Å². The van der Waals surface area contributed by atoms with Crippen LogP contribution in [0.4, 0.5) is 5.69 Å². The van der Waals surface area contributed by atoms with Crippen LogP contribution >= 0.6 is 0 Å². The lowest BCUT2D eigenvalue weighted by atomic mass is 10.1. The summed E-state index contributed by atoms with van der Waals surface area (Å²) >= 11 is 0. The van der Waals surface area contributed by atoms with Gasteiger partial charge in [0.15, 0.2) is 0 Å². The molecule has 1 aromatic carbocycles. The first-order valence-corrected chi connectivity index (χ1v) is 5.99. The molecule has 0 aromatic heterocycles. The van der Waals surface area contributed by atoms with Crippen LogP contribution in [0.5, 0.6) is 0 Å². The van der Waals surface area contributed by atoms with Gasteiger partial charge in [-0.15, -0.1) is 0 Å². The number of nitrogens with zero attached hydrogens (tertiary/aromatic N) is 1. The molecular formula is C13H20N2O3. The van der Waals surface area contributed by atoms with Crippen LogP contribution in [0.15, 0.2) is 24.3 Å². The summed E-state index contributed by atoms with van der Waals surface area (Å²) in [5, 5.41) is 14.1. The summed E-state index contributed by atoms with van der Waals surface area (Å²) in [5.74, 6) is 0. The molecule has 18 heavy (non-hydrogen) atoms. The number of ether oxygens (including phenoxy) is 1. The fraction of sp³-hybridized carbons (Fsp3) is 0.538. The van der Waals surface area contributed by atoms with E-state index in [0.29, 0.717) is 0 Å². The molecule has 5 nitrogen and oxygen atoms in total. The van der Waals surface area contributed by atoms with Crippen molar-refractivity contribution in [1.82, 2.24) is 5.32 Å². The molecular weight excluding hydrogens is 232 g/mol. The van der Waals surface area contributed by atoms with Crippen LogP contribution in [-0.4, -0.2) is 24.2 Å². The van der Waals surface area contributed by atoms with E-state index in [9.17, 15) is 10.1 Å². The molecule has 0 aliphatic rings. The van der Waals surface area contributed by atoms with E-state index >= 15 is 0 Å². The lowest BCUT2D eigenvalue weighted by molar-refractivity contribution is -0.384. The van der Waals surface area contributed by atoms with E-state index in [2.05, 4.69) is 5.32 Å². The van der Waals surface area contributed by atoms with Crippen molar-refractivity contribution in [3.8, 4) is 0 Å². The molecule has 0 saturated carbocycles. The van der Waals surface area contributed by atoms with Gasteiger partial charge in [-0.05, 0) is 26.3 Å². The van der Waals surface area contributed by atoms with E-state index in [1.54, 1.807) is 19.2 Å². The highest BCUT2D eigenvalue weighted by Crippen LogP contribution is 2.19. The number of nitro benzene ring substituents is 1. The van der Waals surface area contributed by atoms with Crippen molar-refractivity contribution < 1.29 is 9.66 Å². The van der Waals surface area contributed by atoms with Crippen molar-refractivity contribution in [3.05, 3.63) is 39.9 Å². The Balaban J connectivity index is 2.75. The quantitative estimate of drug-likeness (QED) is 0.624. The number of hydrogen-bond acceptors (Lipinski definition) is 4. The van der Waals surface area contributed by atoms with Crippen molar-refractivity contribution in [3.63, 3.8) is 0 Å². The molecule has 0 saturated heterocycles. The molecule has 0 spiro atoms. The Morgan fingerprint density at radius 3 is 2.56 bits per heavy atom. The van der Waals surface area contributed by atoms with Gasteiger partial charge in [-0.2, -0.15) is 0 Å². The van der Waals surface area contributed by atoms with Crippen LogP contribution in [0, 0.1) is 10.1 Å². The maximum Gasteiger partial charge on any atom is 0.269 e. The van der Waals surface area contributed by atoms with Gasteiger partial charge < -0.3 is 10.1 Å². The third-order valence-corrected chi connectivity index (χ3v) is 3.17. The maximum absolute atomic E-state index is 10.7. The smallest absolute Gasteiger partial charge is 0.269 e. The van der Waals surface area contributed by atoms with E-state index in [0.717, 1.165) is 5.56 Å². The molecule has 0 heterocycles. The van der Waals surface area contributed by atoms with Crippen LogP contribution in [0.3, 0.4) is 0 Å². The van der Waals surface area contributed by atoms with Crippen LogP contribution < -0.4 is 5.32 Å². The summed E-state index contributed by atoms with van der Waals surface area (Å²) in [5.41, 5.74) is 1.02. The molecule has 0 fully saturated rings. The first-order valence-electron chi connectivity index (χ1n) is 5.99. The van der Waals surface area contributed by atoms with Gasteiger partial charge >= 0.3 is 0 Å². The number of benzene rings is 1. The number of methoxy groups -OCH3 is 1. The molecule has 0 aliphatic carbocycles. The van der Waals surface area contributed by atoms with Crippen molar-refractivity contribution in [1.29, 1.82) is 0 Å². The molecule has 1 N–H and O–H groups in total. The summed E-state index contributed by atoms with van der Waals surface area (Å²) in [7, 11) is 1.67. The maximum atomic E-state index is 10.7. The first-order chi connectivity index (χ1) is 8.45. The van der Waals surface area contributed by atoms with Gasteiger partial charge in [0.25, 0.3) is 5.69 Å². The Kier molecular flexibility index (Phi) is 5.25.